The maximum Gasteiger partial charge on any atom is 0.202 e. The molecule has 2 aromatic rings. The van der Waals surface area contributed by atoms with Crippen LogP contribution in [0.1, 0.15) is 5.82 Å². The van der Waals surface area contributed by atoms with Crippen LogP contribution in [0.25, 0.3) is 0 Å². The van der Waals surface area contributed by atoms with E-state index in [1.807, 2.05) is 6.92 Å². The number of nitrogens with one attached hydrogen (secondary N) is 1. The van der Waals surface area contributed by atoms with Crippen molar-refractivity contribution in [2.75, 3.05) is 18.5 Å². The molecular weight excluding hydrogens is 260 g/mol. The van der Waals surface area contributed by atoms with E-state index in [2.05, 4.69) is 19.7 Å². The summed E-state index contributed by atoms with van der Waals surface area (Å²) in [6.45, 7) is 3.03. The molecule has 0 spiro atoms. The highest BCUT2D eigenvalue weighted by atomic mass is 35.5. The number of ether oxygens (including phenoxy) is 1. The highest BCUT2D eigenvalue weighted by molar-refractivity contribution is 7.09. The third-order valence-corrected chi connectivity index (χ3v) is 2.83. The third kappa shape index (κ3) is 3.83. The SMILES string of the molecule is Cc1nsc(NCCOc2cncc(Cl)c2)n1. The summed E-state index contributed by atoms with van der Waals surface area (Å²) in [5.41, 5.74) is 0. The normalized spacial score (nSPS) is 10.2. The summed E-state index contributed by atoms with van der Waals surface area (Å²) in [6, 6.07) is 1.73. The zero-order valence-corrected chi connectivity index (χ0v) is 10.8. The average molecular weight is 271 g/mol. The van der Waals surface area contributed by atoms with Crippen molar-refractivity contribution < 1.29 is 4.74 Å². The van der Waals surface area contributed by atoms with Crippen LogP contribution in [0.2, 0.25) is 5.02 Å². The molecule has 0 amide bonds. The highest BCUT2D eigenvalue weighted by Crippen LogP contribution is 2.15. The quantitative estimate of drug-likeness (QED) is 0.846. The van der Waals surface area contributed by atoms with Gasteiger partial charge in [-0.15, -0.1) is 0 Å². The Morgan fingerprint density at radius 2 is 2.35 bits per heavy atom. The highest BCUT2D eigenvalue weighted by Gasteiger charge is 1.99. The molecule has 17 heavy (non-hydrogen) atoms. The van der Waals surface area contributed by atoms with Gasteiger partial charge in [0.05, 0.1) is 17.8 Å². The maximum absolute atomic E-state index is 5.78. The van der Waals surface area contributed by atoms with Crippen LogP contribution in [0.4, 0.5) is 5.13 Å². The molecule has 2 heterocycles. The Morgan fingerprint density at radius 1 is 1.47 bits per heavy atom. The number of aryl methyl sites for hydroxylation is 1. The standard InChI is InChI=1S/C10H11ClN4OS/c1-7-14-10(17-15-7)13-2-3-16-9-4-8(11)5-12-6-9/h4-6H,2-3H2,1H3,(H,13,14,15). The molecule has 7 heteroatoms. The molecule has 0 fully saturated rings. The van der Waals surface area contributed by atoms with Crippen LogP contribution in [0.3, 0.4) is 0 Å². The summed E-state index contributed by atoms with van der Waals surface area (Å²) >= 11 is 7.12. The first-order valence-electron chi connectivity index (χ1n) is 5.01. The van der Waals surface area contributed by atoms with Crippen LogP contribution in [0.15, 0.2) is 18.5 Å². The van der Waals surface area contributed by atoms with E-state index in [0.717, 1.165) is 11.0 Å². The van der Waals surface area contributed by atoms with Crippen LogP contribution in [-0.2, 0) is 0 Å². The summed E-state index contributed by atoms with van der Waals surface area (Å²) in [4.78, 5) is 8.10. The molecule has 2 rings (SSSR count). The number of hydrogen-bond acceptors (Lipinski definition) is 6. The van der Waals surface area contributed by atoms with Gasteiger partial charge in [0.2, 0.25) is 5.13 Å². The van der Waals surface area contributed by atoms with Crippen molar-refractivity contribution in [3.63, 3.8) is 0 Å². The molecule has 0 bridgehead atoms. The predicted octanol–water partition coefficient (Wildman–Crippen LogP) is 2.39. The van der Waals surface area contributed by atoms with Crippen LogP contribution < -0.4 is 10.1 Å². The predicted molar refractivity (Wildman–Crippen MR) is 67.9 cm³/mol. The first kappa shape index (κ1) is 12.1. The van der Waals surface area contributed by atoms with Gasteiger partial charge in [-0.2, -0.15) is 4.37 Å². The van der Waals surface area contributed by atoms with Gasteiger partial charge >= 0.3 is 0 Å². The Labute approximate surface area is 108 Å². The van der Waals surface area contributed by atoms with Crippen molar-refractivity contribution in [1.29, 1.82) is 0 Å². The lowest BCUT2D eigenvalue weighted by Crippen LogP contribution is -2.11. The van der Waals surface area contributed by atoms with Crippen molar-refractivity contribution >= 4 is 28.3 Å². The Kier molecular flexibility index (Phi) is 4.11. The second kappa shape index (κ2) is 5.79. The van der Waals surface area contributed by atoms with Crippen molar-refractivity contribution in [1.82, 2.24) is 14.3 Å². The fourth-order valence-corrected chi connectivity index (χ4v) is 1.93. The second-order valence-electron chi connectivity index (χ2n) is 3.26. The number of aromatic nitrogens is 3. The van der Waals surface area contributed by atoms with E-state index in [1.54, 1.807) is 18.5 Å². The number of rotatable bonds is 5. The number of hydrogen-bond donors (Lipinski definition) is 1. The summed E-state index contributed by atoms with van der Waals surface area (Å²) in [7, 11) is 0. The number of nitrogens with zero attached hydrogens (tertiary/aromatic N) is 3. The van der Waals surface area contributed by atoms with E-state index in [1.165, 1.54) is 11.5 Å². The fourth-order valence-electron chi connectivity index (χ4n) is 1.17. The van der Waals surface area contributed by atoms with Gasteiger partial charge in [-0.3, -0.25) is 4.98 Å². The molecule has 0 aliphatic carbocycles. The van der Waals surface area contributed by atoms with Gasteiger partial charge in [0.25, 0.3) is 0 Å². The molecule has 0 aliphatic rings. The molecule has 0 aliphatic heterocycles. The number of anilines is 1. The number of pyridine rings is 1. The molecule has 0 atom stereocenters. The first-order chi connectivity index (χ1) is 8.24. The van der Waals surface area contributed by atoms with Crippen molar-refractivity contribution in [2.24, 2.45) is 0 Å². The van der Waals surface area contributed by atoms with E-state index in [4.69, 9.17) is 16.3 Å². The Hall–Kier alpha value is -1.40. The van der Waals surface area contributed by atoms with Crippen LogP contribution in [0, 0.1) is 6.92 Å². The lowest BCUT2D eigenvalue weighted by molar-refractivity contribution is 0.331. The van der Waals surface area contributed by atoms with Gasteiger partial charge in [-0.1, -0.05) is 11.6 Å². The first-order valence-corrected chi connectivity index (χ1v) is 6.17. The molecule has 1 N–H and O–H groups in total. The van der Waals surface area contributed by atoms with E-state index in [-0.39, 0.29) is 0 Å². The molecule has 2 aromatic heterocycles. The molecule has 0 aromatic carbocycles. The molecule has 0 radical (unpaired) electrons. The van der Waals surface area contributed by atoms with Crippen LogP contribution in [-0.4, -0.2) is 27.5 Å². The van der Waals surface area contributed by atoms with Gasteiger partial charge < -0.3 is 10.1 Å². The maximum atomic E-state index is 5.78. The summed E-state index contributed by atoms with van der Waals surface area (Å²) in [5, 5.41) is 4.48. The zero-order valence-electron chi connectivity index (χ0n) is 9.18. The molecule has 0 saturated heterocycles. The topological polar surface area (TPSA) is 59.9 Å². The molecule has 0 saturated carbocycles. The third-order valence-electron chi connectivity index (χ3n) is 1.85. The van der Waals surface area contributed by atoms with Gasteiger partial charge in [0.1, 0.15) is 18.2 Å². The molecule has 90 valence electrons. The fraction of sp³-hybridized carbons (Fsp3) is 0.300. The Bertz CT molecular complexity index is 491. The Morgan fingerprint density at radius 3 is 3.06 bits per heavy atom. The minimum absolute atomic E-state index is 0.515. The minimum Gasteiger partial charge on any atom is -0.490 e. The van der Waals surface area contributed by atoms with Crippen molar-refractivity contribution in [3.05, 3.63) is 29.3 Å². The molecule has 0 unspecified atom stereocenters. The van der Waals surface area contributed by atoms with E-state index >= 15 is 0 Å². The lowest BCUT2D eigenvalue weighted by Gasteiger charge is -2.05. The Balaban J connectivity index is 1.73. The van der Waals surface area contributed by atoms with E-state index < -0.39 is 0 Å². The largest absolute Gasteiger partial charge is 0.490 e. The monoisotopic (exact) mass is 270 g/mol. The molecular formula is C10H11ClN4OS. The zero-order chi connectivity index (χ0) is 12.1. The number of halogens is 1. The van der Waals surface area contributed by atoms with Gasteiger partial charge in [-0.25, -0.2) is 4.98 Å². The molecule has 5 nitrogen and oxygen atoms in total. The lowest BCUT2D eigenvalue weighted by atomic mass is 10.4. The minimum atomic E-state index is 0.515. The van der Waals surface area contributed by atoms with Crippen LogP contribution in [0.5, 0.6) is 5.75 Å². The van der Waals surface area contributed by atoms with Crippen LogP contribution >= 0.6 is 23.1 Å². The van der Waals surface area contributed by atoms with E-state index in [0.29, 0.717) is 23.9 Å². The summed E-state index contributed by atoms with van der Waals surface area (Å²) in [5.74, 6) is 1.44. The van der Waals surface area contributed by atoms with Gasteiger partial charge in [-0.05, 0) is 6.92 Å². The van der Waals surface area contributed by atoms with Crippen molar-refractivity contribution in [3.8, 4) is 5.75 Å². The van der Waals surface area contributed by atoms with E-state index in [9.17, 15) is 0 Å². The van der Waals surface area contributed by atoms with Crippen molar-refractivity contribution in [2.45, 2.75) is 6.92 Å². The van der Waals surface area contributed by atoms with Gasteiger partial charge in [0.15, 0.2) is 0 Å². The average Bonchev–Trinajstić information content (AvgIpc) is 2.71. The van der Waals surface area contributed by atoms with Gasteiger partial charge in [0, 0.05) is 23.8 Å². The smallest absolute Gasteiger partial charge is 0.202 e. The summed E-state index contributed by atoms with van der Waals surface area (Å²) in [6.07, 6.45) is 3.19. The summed E-state index contributed by atoms with van der Waals surface area (Å²) < 4.78 is 9.53. The second-order valence-corrected chi connectivity index (χ2v) is 4.45.